The summed E-state index contributed by atoms with van der Waals surface area (Å²) in [6.45, 7) is 6.06. The van der Waals surface area contributed by atoms with Crippen LogP contribution in [0, 0.1) is 0 Å². The second kappa shape index (κ2) is 6.74. The predicted octanol–water partition coefficient (Wildman–Crippen LogP) is 2.98. The van der Waals surface area contributed by atoms with Crippen molar-refractivity contribution >= 4 is 17.5 Å². The minimum Gasteiger partial charge on any atom is -0.329 e. The van der Waals surface area contributed by atoms with Crippen LogP contribution in [0.3, 0.4) is 0 Å². The lowest BCUT2D eigenvalue weighted by molar-refractivity contribution is -0.147. The smallest absolute Gasteiger partial charge is 0.313 e. The van der Waals surface area contributed by atoms with Crippen molar-refractivity contribution < 1.29 is 9.59 Å². The second-order valence-corrected chi connectivity index (χ2v) is 5.81. The number of para-hydroxylation sites is 1. The Kier molecular flexibility index (Phi) is 4.99. The molecule has 1 saturated heterocycles. The van der Waals surface area contributed by atoms with Crippen molar-refractivity contribution in [3.8, 4) is 0 Å². The molecule has 0 aliphatic carbocycles. The molecule has 2 rings (SSSR count). The zero-order valence-corrected chi connectivity index (χ0v) is 13.1. The van der Waals surface area contributed by atoms with E-state index in [-0.39, 0.29) is 12.1 Å². The molecule has 4 nitrogen and oxygen atoms in total. The van der Waals surface area contributed by atoms with Crippen LogP contribution in [0.1, 0.15) is 45.6 Å². The van der Waals surface area contributed by atoms with E-state index in [1.165, 1.54) is 0 Å². The van der Waals surface area contributed by atoms with Gasteiger partial charge in [0.05, 0.1) is 0 Å². The average Bonchev–Trinajstić information content (AvgIpc) is 2.47. The number of amides is 2. The molecule has 0 radical (unpaired) electrons. The average molecular weight is 288 g/mol. The number of benzene rings is 1. The SMILES string of the molecule is CCc1ccccc1NC(=O)C(=O)N1C(C)CCCC1C. The van der Waals surface area contributed by atoms with Gasteiger partial charge in [0, 0.05) is 17.8 Å². The largest absolute Gasteiger partial charge is 0.329 e. The molecule has 1 aromatic carbocycles. The highest BCUT2D eigenvalue weighted by Crippen LogP contribution is 2.23. The number of carbonyl (C=O) groups is 2. The molecule has 2 unspecified atom stereocenters. The Hall–Kier alpha value is -1.84. The molecule has 2 amide bonds. The van der Waals surface area contributed by atoms with Gasteiger partial charge in [-0.05, 0) is 51.2 Å². The summed E-state index contributed by atoms with van der Waals surface area (Å²) in [5, 5.41) is 2.77. The Balaban J connectivity index is 2.10. The fourth-order valence-electron chi connectivity index (χ4n) is 3.07. The minimum atomic E-state index is -0.531. The van der Waals surface area contributed by atoms with Crippen molar-refractivity contribution in [2.24, 2.45) is 0 Å². The minimum absolute atomic E-state index is 0.133. The quantitative estimate of drug-likeness (QED) is 0.851. The van der Waals surface area contributed by atoms with E-state index in [0.717, 1.165) is 36.9 Å². The first-order valence-electron chi connectivity index (χ1n) is 7.76. The number of hydrogen-bond acceptors (Lipinski definition) is 2. The fourth-order valence-corrected chi connectivity index (χ4v) is 3.07. The maximum atomic E-state index is 12.4. The molecule has 0 saturated carbocycles. The molecule has 114 valence electrons. The van der Waals surface area contributed by atoms with Crippen molar-refractivity contribution in [2.45, 2.75) is 58.5 Å². The molecule has 1 aromatic rings. The lowest BCUT2D eigenvalue weighted by Gasteiger charge is -2.38. The van der Waals surface area contributed by atoms with E-state index in [1.54, 1.807) is 4.90 Å². The molecule has 1 fully saturated rings. The highest BCUT2D eigenvalue weighted by Gasteiger charge is 2.32. The van der Waals surface area contributed by atoms with Gasteiger partial charge in [-0.25, -0.2) is 0 Å². The Labute approximate surface area is 126 Å². The van der Waals surface area contributed by atoms with E-state index >= 15 is 0 Å². The van der Waals surface area contributed by atoms with Crippen LogP contribution in [0.4, 0.5) is 5.69 Å². The summed E-state index contributed by atoms with van der Waals surface area (Å²) < 4.78 is 0. The summed E-state index contributed by atoms with van der Waals surface area (Å²) in [6, 6.07) is 7.87. The number of hydrogen-bond donors (Lipinski definition) is 1. The van der Waals surface area contributed by atoms with E-state index in [9.17, 15) is 9.59 Å². The van der Waals surface area contributed by atoms with Crippen molar-refractivity contribution in [2.75, 3.05) is 5.32 Å². The van der Waals surface area contributed by atoms with Crippen molar-refractivity contribution in [1.29, 1.82) is 0 Å². The zero-order chi connectivity index (χ0) is 15.4. The van der Waals surface area contributed by atoms with Gasteiger partial charge in [-0.15, -0.1) is 0 Å². The van der Waals surface area contributed by atoms with Gasteiger partial charge < -0.3 is 10.2 Å². The summed E-state index contributed by atoms with van der Waals surface area (Å²) in [4.78, 5) is 26.4. The van der Waals surface area contributed by atoms with Crippen LogP contribution in [0.5, 0.6) is 0 Å². The summed E-state index contributed by atoms with van der Waals surface area (Å²) >= 11 is 0. The maximum absolute atomic E-state index is 12.4. The van der Waals surface area contributed by atoms with Crippen molar-refractivity contribution in [3.63, 3.8) is 0 Å². The second-order valence-electron chi connectivity index (χ2n) is 5.81. The molecule has 1 aliphatic rings. The summed E-state index contributed by atoms with van der Waals surface area (Å²) in [5.41, 5.74) is 1.77. The van der Waals surface area contributed by atoms with Crippen LogP contribution < -0.4 is 5.32 Å². The highest BCUT2D eigenvalue weighted by atomic mass is 16.2. The van der Waals surface area contributed by atoms with Crippen LogP contribution in [-0.4, -0.2) is 28.8 Å². The molecule has 4 heteroatoms. The Morgan fingerprint density at radius 3 is 2.43 bits per heavy atom. The third kappa shape index (κ3) is 3.43. The first-order chi connectivity index (χ1) is 10.0. The van der Waals surface area contributed by atoms with Gasteiger partial charge in [0.1, 0.15) is 0 Å². The van der Waals surface area contributed by atoms with E-state index in [4.69, 9.17) is 0 Å². The fraction of sp³-hybridized carbons (Fsp3) is 0.529. The third-order valence-electron chi connectivity index (χ3n) is 4.27. The molecule has 0 spiro atoms. The molecule has 1 aliphatic heterocycles. The van der Waals surface area contributed by atoms with Crippen LogP contribution in [0.25, 0.3) is 0 Å². The summed E-state index contributed by atoms with van der Waals surface area (Å²) in [5.74, 6) is -0.947. The zero-order valence-electron chi connectivity index (χ0n) is 13.1. The molecular formula is C17H24N2O2. The van der Waals surface area contributed by atoms with E-state index in [2.05, 4.69) is 5.32 Å². The lowest BCUT2D eigenvalue weighted by atomic mass is 9.97. The highest BCUT2D eigenvalue weighted by molar-refractivity contribution is 6.39. The van der Waals surface area contributed by atoms with Crippen molar-refractivity contribution in [3.05, 3.63) is 29.8 Å². The van der Waals surface area contributed by atoms with E-state index < -0.39 is 11.8 Å². The Morgan fingerprint density at radius 1 is 1.19 bits per heavy atom. The first kappa shape index (κ1) is 15.5. The molecule has 0 aromatic heterocycles. The summed E-state index contributed by atoms with van der Waals surface area (Å²) in [6.07, 6.45) is 3.87. The monoisotopic (exact) mass is 288 g/mol. The summed E-state index contributed by atoms with van der Waals surface area (Å²) in [7, 11) is 0. The van der Waals surface area contributed by atoms with Gasteiger partial charge in [0.2, 0.25) is 0 Å². The van der Waals surface area contributed by atoms with Gasteiger partial charge >= 0.3 is 11.8 Å². The van der Waals surface area contributed by atoms with Crippen molar-refractivity contribution in [1.82, 2.24) is 4.90 Å². The molecule has 2 atom stereocenters. The molecule has 1 N–H and O–H groups in total. The lowest BCUT2D eigenvalue weighted by Crippen LogP contribution is -2.51. The standard InChI is InChI=1S/C17H24N2O2/c1-4-14-10-5-6-11-15(14)18-16(20)17(21)19-12(2)8-7-9-13(19)3/h5-6,10-13H,4,7-9H2,1-3H3,(H,18,20). The third-order valence-corrected chi connectivity index (χ3v) is 4.27. The van der Waals surface area contributed by atoms with Gasteiger partial charge in [-0.2, -0.15) is 0 Å². The van der Waals surface area contributed by atoms with Gasteiger partial charge in [0.15, 0.2) is 0 Å². The van der Waals surface area contributed by atoms with Gasteiger partial charge in [0.25, 0.3) is 0 Å². The van der Waals surface area contributed by atoms with E-state index in [0.29, 0.717) is 0 Å². The number of nitrogens with zero attached hydrogens (tertiary/aromatic N) is 1. The molecule has 1 heterocycles. The number of anilines is 1. The topological polar surface area (TPSA) is 49.4 Å². The van der Waals surface area contributed by atoms with Crippen LogP contribution in [0.2, 0.25) is 0 Å². The van der Waals surface area contributed by atoms with E-state index in [1.807, 2.05) is 45.0 Å². The Morgan fingerprint density at radius 2 is 1.81 bits per heavy atom. The van der Waals surface area contributed by atoms with Crippen LogP contribution >= 0.6 is 0 Å². The van der Waals surface area contributed by atoms with Crippen LogP contribution in [0.15, 0.2) is 24.3 Å². The van der Waals surface area contributed by atoms with Crippen LogP contribution in [-0.2, 0) is 16.0 Å². The number of carbonyl (C=O) groups excluding carboxylic acids is 2. The number of nitrogens with one attached hydrogen (secondary N) is 1. The number of piperidine rings is 1. The maximum Gasteiger partial charge on any atom is 0.313 e. The number of rotatable bonds is 2. The molecule has 0 bridgehead atoms. The number of aryl methyl sites for hydroxylation is 1. The molecular weight excluding hydrogens is 264 g/mol. The normalized spacial score (nSPS) is 22.0. The number of likely N-dealkylation sites (tertiary alicyclic amines) is 1. The predicted molar refractivity (Wildman–Crippen MR) is 84.1 cm³/mol. The van der Waals surface area contributed by atoms with Gasteiger partial charge in [-0.1, -0.05) is 25.1 Å². The molecule has 21 heavy (non-hydrogen) atoms. The Bertz CT molecular complexity index is 517. The first-order valence-corrected chi connectivity index (χ1v) is 7.76. The van der Waals surface area contributed by atoms with Gasteiger partial charge in [-0.3, -0.25) is 9.59 Å².